The van der Waals surface area contributed by atoms with Gasteiger partial charge in [-0.1, -0.05) is 25.8 Å². The molecule has 3 nitrogen and oxygen atoms in total. The highest BCUT2D eigenvalue weighted by molar-refractivity contribution is 5.72. The van der Waals surface area contributed by atoms with Crippen LogP contribution in [0.1, 0.15) is 31.7 Å². The molecular weight excluding hydrogens is 202 g/mol. The van der Waals surface area contributed by atoms with Gasteiger partial charge in [0, 0.05) is 12.4 Å². The Kier molecular flexibility index (Phi) is 5.54. The zero-order chi connectivity index (χ0) is 11.8. The van der Waals surface area contributed by atoms with Crippen LogP contribution in [-0.4, -0.2) is 18.1 Å². The average Bonchev–Trinajstić information content (AvgIpc) is 2.34. The number of esters is 1. The highest BCUT2D eigenvalue weighted by atomic mass is 16.5. The Morgan fingerprint density at radius 3 is 2.94 bits per heavy atom. The van der Waals surface area contributed by atoms with Crippen LogP contribution >= 0.6 is 0 Å². The van der Waals surface area contributed by atoms with Gasteiger partial charge in [-0.25, -0.2) is 0 Å². The lowest BCUT2D eigenvalue weighted by atomic mass is 9.95. The monoisotopic (exact) mass is 221 g/mol. The number of pyridine rings is 1. The third kappa shape index (κ3) is 4.01. The van der Waals surface area contributed by atoms with E-state index in [1.165, 1.54) is 7.11 Å². The molecule has 0 aliphatic carbocycles. The molecule has 0 bridgehead atoms. The molecule has 0 aromatic carbocycles. The zero-order valence-corrected chi connectivity index (χ0v) is 9.98. The largest absolute Gasteiger partial charge is 0.469 e. The van der Waals surface area contributed by atoms with E-state index in [1.54, 1.807) is 6.20 Å². The summed E-state index contributed by atoms with van der Waals surface area (Å²) in [5.41, 5.74) is 1.09. The number of nitrogens with zero attached hydrogens (tertiary/aromatic N) is 1. The molecule has 16 heavy (non-hydrogen) atoms. The topological polar surface area (TPSA) is 39.2 Å². The fraction of sp³-hybridized carbons (Fsp3) is 0.538. The van der Waals surface area contributed by atoms with Gasteiger partial charge in [-0.15, -0.1) is 0 Å². The van der Waals surface area contributed by atoms with Crippen molar-refractivity contribution in [2.75, 3.05) is 7.11 Å². The Morgan fingerprint density at radius 1 is 1.56 bits per heavy atom. The lowest BCUT2D eigenvalue weighted by Crippen LogP contribution is -2.18. The lowest BCUT2D eigenvalue weighted by molar-refractivity contribution is -0.145. The van der Waals surface area contributed by atoms with Crippen molar-refractivity contribution < 1.29 is 9.53 Å². The molecule has 3 heteroatoms. The normalized spacial score (nSPS) is 12.1. The number of rotatable bonds is 6. The lowest BCUT2D eigenvalue weighted by Gasteiger charge is -2.13. The molecule has 0 aliphatic rings. The third-order valence-corrected chi connectivity index (χ3v) is 2.65. The molecule has 1 unspecified atom stereocenters. The van der Waals surface area contributed by atoms with Crippen molar-refractivity contribution in [3.63, 3.8) is 0 Å². The minimum atomic E-state index is -0.114. The van der Waals surface area contributed by atoms with Gasteiger partial charge in [0.1, 0.15) is 0 Å². The van der Waals surface area contributed by atoms with Gasteiger partial charge in [0.15, 0.2) is 0 Å². The number of hydrogen-bond acceptors (Lipinski definition) is 3. The first kappa shape index (κ1) is 12.7. The summed E-state index contributed by atoms with van der Waals surface area (Å²) in [4.78, 5) is 15.6. The minimum absolute atomic E-state index is 0.0332. The van der Waals surface area contributed by atoms with Gasteiger partial charge in [-0.3, -0.25) is 9.78 Å². The molecule has 1 aromatic rings. The van der Waals surface area contributed by atoms with Crippen LogP contribution < -0.4 is 0 Å². The molecule has 0 aliphatic heterocycles. The summed E-state index contributed by atoms with van der Waals surface area (Å²) in [6, 6.07) is 3.89. The van der Waals surface area contributed by atoms with Gasteiger partial charge in [-0.2, -0.15) is 0 Å². The molecule has 1 atom stereocenters. The second kappa shape index (κ2) is 6.99. The van der Waals surface area contributed by atoms with Crippen molar-refractivity contribution in [1.82, 2.24) is 4.98 Å². The standard InChI is InChI=1S/C13H19NO2/c1-3-4-7-12(13(15)16-2)9-11-6-5-8-14-10-11/h5-6,8,10,12H,3-4,7,9H2,1-2H3. The Hall–Kier alpha value is -1.38. The first-order valence-electron chi connectivity index (χ1n) is 5.74. The molecule has 0 fully saturated rings. The number of carbonyl (C=O) groups is 1. The Balaban J connectivity index is 2.59. The molecule has 0 amide bonds. The summed E-state index contributed by atoms with van der Waals surface area (Å²) < 4.78 is 4.82. The van der Waals surface area contributed by atoms with Crippen molar-refractivity contribution in [2.24, 2.45) is 5.92 Å². The van der Waals surface area contributed by atoms with Crippen molar-refractivity contribution in [3.8, 4) is 0 Å². The van der Waals surface area contributed by atoms with Crippen LogP contribution in [0.25, 0.3) is 0 Å². The third-order valence-electron chi connectivity index (χ3n) is 2.65. The summed E-state index contributed by atoms with van der Waals surface area (Å²) in [6.45, 7) is 2.12. The van der Waals surface area contributed by atoms with E-state index < -0.39 is 0 Å². The number of ether oxygens (including phenoxy) is 1. The molecule has 1 rings (SSSR count). The van der Waals surface area contributed by atoms with Gasteiger partial charge < -0.3 is 4.74 Å². The van der Waals surface area contributed by atoms with Gasteiger partial charge in [-0.05, 0) is 24.5 Å². The van der Waals surface area contributed by atoms with Crippen LogP contribution in [0.5, 0.6) is 0 Å². The van der Waals surface area contributed by atoms with Crippen LogP contribution in [-0.2, 0) is 16.0 Å². The Morgan fingerprint density at radius 2 is 2.38 bits per heavy atom. The van der Waals surface area contributed by atoms with E-state index in [4.69, 9.17) is 4.74 Å². The number of methoxy groups -OCH3 is 1. The van der Waals surface area contributed by atoms with Gasteiger partial charge in [0.05, 0.1) is 13.0 Å². The fourth-order valence-electron chi connectivity index (χ4n) is 1.72. The smallest absolute Gasteiger partial charge is 0.308 e. The van der Waals surface area contributed by atoms with Crippen LogP contribution in [0.4, 0.5) is 0 Å². The van der Waals surface area contributed by atoms with E-state index in [-0.39, 0.29) is 11.9 Å². The summed E-state index contributed by atoms with van der Waals surface area (Å²) in [5.74, 6) is -0.147. The number of carbonyl (C=O) groups excluding carboxylic acids is 1. The fourth-order valence-corrected chi connectivity index (χ4v) is 1.72. The summed E-state index contributed by atoms with van der Waals surface area (Å²) in [7, 11) is 1.45. The predicted molar refractivity (Wildman–Crippen MR) is 63.0 cm³/mol. The second-order valence-electron chi connectivity index (χ2n) is 3.93. The average molecular weight is 221 g/mol. The zero-order valence-electron chi connectivity index (χ0n) is 9.98. The van der Waals surface area contributed by atoms with E-state index in [0.717, 1.165) is 31.2 Å². The van der Waals surface area contributed by atoms with Crippen LogP contribution in [0, 0.1) is 5.92 Å². The Labute approximate surface area is 96.8 Å². The first-order valence-corrected chi connectivity index (χ1v) is 5.74. The highest BCUT2D eigenvalue weighted by Gasteiger charge is 2.18. The Bertz CT molecular complexity index is 311. The van der Waals surface area contributed by atoms with Gasteiger partial charge >= 0.3 is 5.97 Å². The second-order valence-corrected chi connectivity index (χ2v) is 3.93. The highest BCUT2D eigenvalue weighted by Crippen LogP contribution is 2.16. The van der Waals surface area contributed by atoms with Crippen molar-refractivity contribution in [1.29, 1.82) is 0 Å². The summed E-state index contributed by atoms with van der Waals surface area (Å²) >= 11 is 0. The van der Waals surface area contributed by atoms with Crippen molar-refractivity contribution >= 4 is 5.97 Å². The van der Waals surface area contributed by atoms with E-state index in [9.17, 15) is 4.79 Å². The molecule has 1 aromatic heterocycles. The number of unbranched alkanes of at least 4 members (excludes halogenated alkanes) is 1. The van der Waals surface area contributed by atoms with E-state index in [1.807, 2.05) is 18.3 Å². The molecule has 0 radical (unpaired) electrons. The quantitative estimate of drug-likeness (QED) is 0.693. The maximum absolute atomic E-state index is 11.6. The van der Waals surface area contributed by atoms with Crippen LogP contribution in [0.15, 0.2) is 24.5 Å². The molecule has 0 saturated heterocycles. The van der Waals surface area contributed by atoms with Crippen LogP contribution in [0.3, 0.4) is 0 Å². The molecule has 0 N–H and O–H groups in total. The van der Waals surface area contributed by atoms with Gasteiger partial charge in [0.25, 0.3) is 0 Å². The molecule has 0 saturated carbocycles. The maximum atomic E-state index is 11.6. The number of aromatic nitrogens is 1. The predicted octanol–water partition coefficient (Wildman–Crippen LogP) is 2.60. The molecule has 1 heterocycles. The van der Waals surface area contributed by atoms with Crippen molar-refractivity contribution in [2.45, 2.75) is 32.6 Å². The van der Waals surface area contributed by atoms with E-state index >= 15 is 0 Å². The first-order chi connectivity index (χ1) is 7.77. The molecule has 0 spiro atoms. The molecular formula is C13H19NO2. The SMILES string of the molecule is CCCCC(Cc1cccnc1)C(=O)OC. The maximum Gasteiger partial charge on any atom is 0.308 e. The van der Waals surface area contributed by atoms with E-state index in [0.29, 0.717) is 0 Å². The molecule has 88 valence electrons. The minimum Gasteiger partial charge on any atom is -0.469 e. The summed E-state index contributed by atoms with van der Waals surface area (Å²) in [6.07, 6.45) is 7.31. The number of hydrogen-bond donors (Lipinski definition) is 0. The van der Waals surface area contributed by atoms with E-state index in [2.05, 4.69) is 11.9 Å². The van der Waals surface area contributed by atoms with Crippen LogP contribution in [0.2, 0.25) is 0 Å². The van der Waals surface area contributed by atoms with Crippen molar-refractivity contribution in [3.05, 3.63) is 30.1 Å². The summed E-state index contributed by atoms with van der Waals surface area (Å²) in [5, 5.41) is 0. The van der Waals surface area contributed by atoms with Gasteiger partial charge in [0.2, 0.25) is 0 Å².